The fraction of sp³-hybridized carbons (Fsp3) is 0.174. The van der Waals surface area contributed by atoms with Gasteiger partial charge in [-0.3, -0.25) is 9.59 Å². The van der Waals surface area contributed by atoms with Gasteiger partial charge >= 0.3 is 0 Å². The van der Waals surface area contributed by atoms with Gasteiger partial charge in [0.25, 0.3) is 0 Å². The Balaban J connectivity index is 1.34. The van der Waals surface area contributed by atoms with Crippen molar-refractivity contribution in [3.05, 3.63) is 66.4 Å². The molecule has 0 aliphatic carbocycles. The van der Waals surface area contributed by atoms with Gasteiger partial charge in [0.15, 0.2) is 10.8 Å². The lowest BCUT2D eigenvalue weighted by molar-refractivity contribution is -0.122. The van der Waals surface area contributed by atoms with Crippen molar-refractivity contribution in [2.75, 3.05) is 5.32 Å². The number of benzene rings is 2. The lowest BCUT2D eigenvalue weighted by atomic mass is 10.3. The second-order valence-electron chi connectivity index (χ2n) is 7.52. The molecule has 0 aliphatic rings. The Morgan fingerprint density at radius 3 is 2.50 bits per heavy atom. The summed E-state index contributed by atoms with van der Waals surface area (Å²) in [5.74, 6) is 0.354. The summed E-state index contributed by atoms with van der Waals surface area (Å²) in [6.45, 7) is 2.91. The highest BCUT2D eigenvalue weighted by Gasteiger charge is 2.22. The van der Waals surface area contributed by atoms with Gasteiger partial charge in [0.2, 0.25) is 21.8 Å². The molecule has 4 rings (SSSR count). The van der Waals surface area contributed by atoms with Gasteiger partial charge in [-0.2, -0.15) is 4.72 Å². The largest absolute Gasteiger partial charge is 0.457 e. The number of para-hydroxylation sites is 1. The molecule has 0 unspecified atom stereocenters. The van der Waals surface area contributed by atoms with Crippen LogP contribution in [0.3, 0.4) is 0 Å². The molecular weight excluding hydrogens is 476 g/mol. The number of rotatable bonds is 8. The van der Waals surface area contributed by atoms with E-state index in [1.165, 1.54) is 49.4 Å². The van der Waals surface area contributed by atoms with Gasteiger partial charge < -0.3 is 15.1 Å². The number of nitrogens with one attached hydrogen (secondary N) is 3. The van der Waals surface area contributed by atoms with Crippen LogP contribution in [0.4, 0.5) is 5.69 Å². The number of nitrogens with zero attached hydrogens (tertiary/aromatic N) is 1. The molecule has 0 spiro atoms. The summed E-state index contributed by atoms with van der Waals surface area (Å²) in [6, 6.07) is 16.0. The second-order valence-corrected chi connectivity index (χ2v) is 10.3. The number of hydrogen-bond donors (Lipinski definition) is 3. The number of amides is 2. The van der Waals surface area contributed by atoms with Crippen LogP contribution in [0.5, 0.6) is 0 Å². The predicted molar refractivity (Wildman–Crippen MR) is 130 cm³/mol. The number of anilines is 1. The third kappa shape index (κ3) is 5.50. The first-order valence-electron chi connectivity index (χ1n) is 10.3. The van der Waals surface area contributed by atoms with Crippen LogP contribution in [0.15, 0.2) is 70.0 Å². The van der Waals surface area contributed by atoms with Crippen molar-refractivity contribution in [1.82, 2.24) is 15.0 Å². The summed E-state index contributed by atoms with van der Waals surface area (Å²) in [7, 11) is -3.93. The van der Waals surface area contributed by atoms with Crippen molar-refractivity contribution in [2.45, 2.75) is 31.3 Å². The monoisotopic (exact) mass is 498 g/mol. The summed E-state index contributed by atoms with van der Waals surface area (Å²) < 4.78 is 34.4. The molecule has 176 valence electrons. The molecule has 2 aromatic carbocycles. The van der Waals surface area contributed by atoms with Crippen LogP contribution < -0.4 is 15.4 Å². The lowest BCUT2D eigenvalue weighted by Crippen LogP contribution is -2.44. The molecule has 0 radical (unpaired) electrons. The first kappa shape index (κ1) is 23.6. The highest BCUT2D eigenvalue weighted by atomic mass is 32.2. The predicted octanol–water partition coefficient (Wildman–Crippen LogP) is 3.50. The van der Waals surface area contributed by atoms with Gasteiger partial charge in [-0.25, -0.2) is 13.4 Å². The third-order valence-electron chi connectivity index (χ3n) is 4.81. The maximum absolute atomic E-state index is 12.6. The average molecular weight is 499 g/mol. The Morgan fingerprint density at radius 2 is 1.79 bits per heavy atom. The number of aromatic nitrogens is 1. The van der Waals surface area contributed by atoms with Crippen molar-refractivity contribution < 1.29 is 22.4 Å². The summed E-state index contributed by atoms with van der Waals surface area (Å²) in [5.41, 5.74) is 1.36. The maximum Gasteiger partial charge on any atom is 0.241 e. The van der Waals surface area contributed by atoms with E-state index in [1.54, 1.807) is 12.1 Å². The van der Waals surface area contributed by atoms with Crippen LogP contribution in [-0.2, 0) is 26.2 Å². The molecule has 4 aromatic rings. The number of carbonyl (C=O) groups is 2. The van der Waals surface area contributed by atoms with E-state index in [0.29, 0.717) is 17.2 Å². The Kier molecular flexibility index (Phi) is 6.77. The number of thiazole rings is 1. The van der Waals surface area contributed by atoms with Crippen molar-refractivity contribution in [3.8, 4) is 10.8 Å². The van der Waals surface area contributed by atoms with E-state index in [4.69, 9.17) is 4.42 Å². The Hall–Kier alpha value is -3.54. The van der Waals surface area contributed by atoms with Crippen LogP contribution in [0.1, 0.15) is 19.6 Å². The Labute approximate surface area is 200 Å². The first-order chi connectivity index (χ1) is 16.2. The van der Waals surface area contributed by atoms with E-state index in [1.807, 2.05) is 24.3 Å². The summed E-state index contributed by atoms with van der Waals surface area (Å²) in [4.78, 5) is 28.1. The fourth-order valence-electron chi connectivity index (χ4n) is 3.17. The van der Waals surface area contributed by atoms with Crippen molar-refractivity contribution in [3.63, 3.8) is 0 Å². The molecule has 0 saturated heterocycles. The molecule has 0 saturated carbocycles. The summed E-state index contributed by atoms with van der Waals surface area (Å²) in [6.07, 6.45) is 0. The van der Waals surface area contributed by atoms with Gasteiger partial charge in [0, 0.05) is 12.6 Å². The van der Waals surface area contributed by atoms with Crippen molar-refractivity contribution in [1.29, 1.82) is 0 Å². The number of hydrogen-bond acceptors (Lipinski definition) is 7. The highest BCUT2D eigenvalue weighted by molar-refractivity contribution is 7.89. The summed E-state index contributed by atoms with van der Waals surface area (Å²) >= 11 is 1.51. The molecular formula is C23H22N4O5S2. The lowest BCUT2D eigenvalue weighted by Gasteiger charge is -2.14. The van der Waals surface area contributed by atoms with Crippen LogP contribution in [-0.4, -0.2) is 31.3 Å². The zero-order valence-electron chi connectivity index (χ0n) is 18.4. The minimum absolute atomic E-state index is 0.0206. The van der Waals surface area contributed by atoms with E-state index < -0.39 is 22.0 Å². The SMILES string of the molecule is CC(=O)Nc1ccc(S(=O)(=O)N[C@@H](C)C(=O)NCc2ccc(-c3nc4ccccc4s3)o2)cc1. The van der Waals surface area contributed by atoms with Crippen molar-refractivity contribution in [2.24, 2.45) is 0 Å². The Bertz CT molecular complexity index is 1410. The normalized spacial score (nSPS) is 12.4. The van der Waals surface area contributed by atoms with E-state index >= 15 is 0 Å². The fourth-order valence-corrected chi connectivity index (χ4v) is 5.30. The highest BCUT2D eigenvalue weighted by Crippen LogP contribution is 2.31. The maximum atomic E-state index is 12.6. The van der Waals surface area contributed by atoms with Gasteiger partial charge in [0.1, 0.15) is 5.76 Å². The standard InChI is InChI=1S/C23H22N4O5S2/c1-14(27-34(30,31)18-10-7-16(8-11-18)25-15(2)28)22(29)24-13-17-9-12-20(32-17)23-26-19-5-3-4-6-21(19)33-23/h3-12,14,27H,13H2,1-2H3,(H,24,29)(H,25,28)/t14-/m0/s1. The molecule has 3 N–H and O–H groups in total. The number of furan rings is 1. The van der Waals surface area contributed by atoms with Gasteiger partial charge in [-0.05, 0) is 55.5 Å². The second kappa shape index (κ2) is 9.75. The molecule has 0 aliphatic heterocycles. The minimum Gasteiger partial charge on any atom is -0.457 e. The van der Waals surface area contributed by atoms with Crippen LogP contribution in [0.2, 0.25) is 0 Å². The zero-order chi connectivity index (χ0) is 24.3. The van der Waals surface area contributed by atoms with Crippen LogP contribution >= 0.6 is 11.3 Å². The molecule has 9 nitrogen and oxygen atoms in total. The quantitative estimate of drug-likeness (QED) is 0.341. The first-order valence-corrected chi connectivity index (χ1v) is 12.6. The van der Waals surface area contributed by atoms with Gasteiger partial charge in [0.05, 0.1) is 27.7 Å². The molecule has 2 amide bonds. The molecule has 0 bridgehead atoms. The topological polar surface area (TPSA) is 130 Å². The zero-order valence-corrected chi connectivity index (χ0v) is 20.0. The molecule has 34 heavy (non-hydrogen) atoms. The minimum atomic E-state index is -3.93. The third-order valence-corrected chi connectivity index (χ3v) is 7.42. The smallest absolute Gasteiger partial charge is 0.241 e. The van der Waals surface area contributed by atoms with Gasteiger partial charge in [-0.1, -0.05) is 12.1 Å². The summed E-state index contributed by atoms with van der Waals surface area (Å²) in [5, 5.41) is 5.97. The van der Waals surface area contributed by atoms with Gasteiger partial charge in [-0.15, -0.1) is 11.3 Å². The molecule has 2 aromatic heterocycles. The van der Waals surface area contributed by atoms with Crippen molar-refractivity contribution >= 4 is 49.1 Å². The number of carbonyl (C=O) groups excluding carboxylic acids is 2. The average Bonchev–Trinajstić information content (AvgIpc) is 3.44. The van der Waals surface area contributed by atoms with Crippen LogP contribution in [0.25, 0.3) is 21.0 Å². The number of fused-ring (bicyclic) bond motifs is 1. The van der Waals surface area contributed by atoms with E-state index in [0.717, 1.165) is 15.2 Å². The molecule has 11 heteroatoms. The molecule has 1 atom stereocenters. The molecule has 2 heterocycles. The Morgan fingerprint density at radius 1 is 1.06 bits per heavy atom. The van der Waals surface area contributed by atoms with E-state index in [-0.39, 0.29) is 17.3 Å². The van der Waals surface area contributed by atoms with E-state index in [2.05, 4.69) is 20.3 Å². The molecule has 0 fully saturated rings. The van der Waals surface area contributed by atoms with Crippen LogP contribution in [0, 0.1) is 0 Å². The van der Waals surface area contributed by atoms with E-state index in [9.17, 15) is 18.0 Å². The number of sulfonamides is 1.